The lowest BCUT2D eigenvalue weighted by Crippen LogP contribution is -2.10. The van der Waals surface area contributed by atoms with Gasteiger partial charge in [0.2, 0.25) is 0 Å². The Bertz CT molecular complexity index is 694. The summed E-state index contributed by atoms with van der Waals surface area (Å²) in [4.78, 5) is 0. The largest absolute Gasteiger partial charge is 0.490 e. The van der Waals surface area contributed by atoms with Crippen molar-refractivity contribution in [1.82, 2.24) is 0 Å². The molecule has 0 unspecified atom stereocenters. The van der Waals surface area contributed by atoms with E-state index in [1.54, 1.807) is 18.2 Å². The summed E-state index contributed by atoms with van der Waals surface area (Å²) in [5, 5.41) is 8.95. The molecular formula is C19H21NO4. The maximum atomic E-state index is 8.95. The summed E-state index contributed by atoms with van der Waals surface area (Å²) in [6.45, 7) is 5.63. The molecule has 0 radical (unpaired) electrons. The van der Waals surface area contributed by atoms with Crippen LogP contribution in [0.1, 0.15) is 19.4 Å². The van der Waals surface area contributed by atoms with Crippen LogP contribution in [0.2, 0.25) is 0 Å². The van der Waals surface area contributed by atoms with E-state index < -0.39 is 0 Å². The average Bonchev–Trinajstić information content (AvgIpc) is 2.61. The van der Waals surface area contributed by atoms with E-state index in [2.05, 4.69) is 6.07 Å². The van der Waals surface area contributed by atoms with Crippen LogP contribution in [-0.2, 0) is 0 Å². The smallest absolute Gasteiger partial charge is 0.162 e. The minimum atomic E-state index is 0.354. The van der Waals surface area contributed by atoms with Gasteiger partial charge < -0.3 is 18.9 Å². The fourth-order valence-electron chi connectivity index (χ4n) is 2.11. The molecule has 126 valence electrons. The summed E-state index contributed by atoms with van der Waals surface area (Å²) >= 11 is 0. The molecule has 2 aromatic carbocycles. The molecule has 24 heavy (non-hydrogen) atoms. The molecule has 0 fully saturated rings. The predicted molar refractivity (Wildman–Crippen MR) is 90.9 cm³/mol. The Morgan fingerprint density at radius 3 is 1.88 bits per heavy atom. The van der Waals surface area contributed by atoms with Crippen LogP contribution in [0.25, 0.3) is 0 Å². The molecule has 5 nitrogen and oxygen atoms in total. The van der Waals surface area contributed by atoms with Crippen LogP contribution in [0, 0.1) is 11.3 Å². The third-order valence-corrected chi connectivity index (χ3v) is 3.12. The quantitative estimate of drug-likeness (QED) is 0.655. The van der Waals surface area contributed by atoms with Gasteiger partial charge in [0.1, 0.15) is 13.2 Å². The lowest BCUT2D eigenvalue weighted by molar-refractivity contribution is 0.201. The molecule has 2 aromatic rings. The third-order valence-electron chi connectivity index (χ3n) is 3.12. The van der Waals surface area contributed by atoms with E-state index in [4.69, 9.17) is 24.2 Å². The molecule has 0 bridgehead atoms. The minimum Gasteiger partial charge on any atom is -0.490 e. The number of hydrogen-bond acceptors (Lipinski definition) is 5. The van der Waals surface area contributed by atoms with Crippen LogP contribution in [0.5, 0.6) is 23.0 Å². The zero-order valence-corrected chi connectivity index (χ0v) is 14.0. The van der Waals surface area contributed by atoms with Gasteiger partial charge in [-0.05, 0) is 38.1 Å². The Morgan fingerprint density at radius 1 is 0.750 bits per heavy atom. The lowest BCUT2D eigenvalue weighted by Gasteiger charge is -2.14. The Labute approximate surface area is 142 Å². The molecule has 0 aliphatic carbocycles. The van der Waals surface area contributed by atoms with Gasteiger partial charge in [-0.15, -0.1) is 0 Å². The molecule has 0 heterocycles. The summed E-state index contributed by atoms with van der Waals surface area (Å²) in [7, 11) is 0. The molecule has 5 heteroatoms. The van der Waals surface area contributed by atoms with Crippen molar-refractivity contribution in [3.05, 3.63) is 48.0 Å². The van der Waals surface area contributed by atoms with Crippen molar-refractivity contribution in [3.63, 3.8) is 0 Å². The second-order valence-electron chi connectivity index (χ2n) is 4.78. The van der Waals surface area contributed by atoms with Gasteiger partial charge in [0, 0.05) is 6.07 Å². The lowest BCUT2D eigenvalue weighted by atomic mass is 10.2. The highest BCUT2D eigenvalue weighted by molar-refractivity contribution is 5.46. The highest BCUT2D eigenvalue weighted by atomic mass is 16.6. The molecule has 0 aromatic heterocycles. The molecule has 2 rings (SSSR count). The first-order chi connectivity index (χ1) is 11.8. The molecule has 0 N–H and O–H groups in total. The zero-order chi connectivity index (χ0) is 17.2. The van der Waals surface area contributed by atoms with E-state index in [0.717, 1.165) is 0 Å². The van der Waals surface area contributed by atoms with Gasteiger partial charge in [0.25, 0.3) is 0 Å². The van der Waals surface area contributed by atoms with Crippen LogP contribution in [0.4, 0.5) is 0 Å². The molecule has 0 atom stereocenters. The summed E-state index contributed by atoms with van der Waals surface area (Å²) in [5.41, 5.74) is 0.535. The topological polar surface area (TPSA) is 60.7 Å². The first-order valence-corrected chi connectivity index (χ1v) is 7.92. The Morgan fingerprint density at radius 2 is 1.29 bits per heavy atom. The molecule has 0 spiro atoms. The number of ether oxygens (including phenoxy) is 4. The van der Waals surface area contributed by atoms with Gasteiger partial charge in [-0.2, -0.15) is 5.26 Å². The Hall–Kier alpha value is -2.87. The third kappa shape index (κ3) is 4.82. The van der Waals surface area contributed by atoms with Crippen LogP contribution in [0.15, 0.2) is 42.5 Å². The molecule has 0 aliphatic rings. The van der Waals surface area contributed by atoms with Gasteiger partial charge in [-0.1, -0.05) is 12.1 Å². The van der Waals surface area contributed by atoms with Crippen LogP contribution in [-0.4, -0.2) is 26.4 Å². The van der Waals surface area contributed by atoms with Crippen molar-refractivity contribution < 1.29 is 18.9 Å². The fourth-order valence-corrected chi connectivity index (χ4v) is 2.11. The number of nitrogens with zero attached hydrogens (tertiary/aromatic N) is 1. The molecule has 0 aliphatic heterocycles. The van der Waals surface area contributed by atoms with Crippen LogP contribution in [0.3, 0.4) is 0 Å². The van der Waals surface area contributed by atoms with Crippen molar-refractivity contribution in [2.24, 2.45) is 0 Å². The Kier molecular flexibility index (Phi) is 6.78. The standard InChI is InChI=1S/C19H21NO4/c1-3-21-16-7-5-6-8-17(16)23-11-12-24-18-10-9-15(14-20)13-19(18)22-4-2/h5-10,13H,3-4,11-12H2,1-2H3. The molecule has 0 saturated heterocycles. The monoisotopic (exact) mass is 327 g/mol. The van der Waals surface area contributed by atoms with Gasteiger partial charge in [-0.3, -0.25) is 0 Å². The first-order valence-electron chi connectivity index (χ1n) is 7.92. The maximum absolute atomic E-state index is 8.95. The Balaban J connectivity index is 1.92. The summed E-state index contributed by atoms with van der Waals surface area (Å²) in [6, 6.07) is 14.7. The number of nitriles is 1. The van der Waals surface area contributed by atoms with Crippen molar-refractivity contribution in [1.29, 1.82) is 5.26 Å². The molecular weight excluding hydrogens is 306 g/mol. The zero-order valence-electron chi connectivity index (χ0n) is 14.0. The molecule has 0 amide bonds. The van der Waals surface area contributed by atoms with E-state index in [1.807, 2.05) is 38.1 Å². The number of hydrogen-bond donors (Lipinski definition) is 0. The number of benzene rings is 2. The van der Waals surface area contributed by atoms with Gasteiger partial charge in [0.15, 0.2) is 23.0 Å². The van der Waals surface area contributed by atoms with Crippen molar-refractivity contribution in [2.75, 3.05) is 26.4 Å². The second-order valence-corrected chi connectivity index (χ2v) is 4.78. The van der Waals surface area contributed by atoms with Gasteiger partial charge >= 0.3 is 0 Å². The summed E-state index contributed by atoms with van der Waals surface area (Å²) in [5.74, 6) is 2.56. The maximum Gasteiger partial charge on any atom is 0.162 e. The van der Waals surface area contributed by atoms with E-state index in [9.17, 15) is 0 Å². The minimum absolute atomic E-state index is 0.354. The molecule has 0 saturated carbocycles. The highest BCUT2D eigenvalue weighted by Gasteiger charge is 2.07. The van der Waals surface area contributed by atoms with Gasteiger partial charge in [0.05, 0.1) is 24.8 Å². The van der Waals surface area contributed by atoms with Crippen LogP contribution < -0.4 is 18.9 Å². The normalized spacial score (nSPS) is 9.88. The fraction of sp³-hybridized carbons (Fsp3) is 0.316. The van der Waals surface area contributed by atoms with E-state index >= 15 is 0 Å². The van der Waals surface area contributed by atoms with Crippen molar-refractivity contribution in [2.45, 2.75) is 13.8 Å². The van der Waals surface area contributed by atoms with Crippen molar-refractivity contribution >= 4 is 0 Å². The second kappa shape index (κ2) is 9.31. The van der Waals surface area contributed by atoms with E-state index in [1.165, 1.54) is 0 Å². The SMILES string of the molecule is CCOc1ccccc1OCCOc1ccc(C#N)cc1OCC. The van der Waals surface area contributed by atoms with Crippen molar-refractivity contribution in [3.8, 4) is 29.1 Å². The van der Waals surface area contributed by atoms with E-state index in [-0.39, 0.29) is 0 Å². The number of para-hydroxylation sites is 2. The highest BCUT2D eigenvalue weighted by Crippen LogP contribution is 2.29. The number of rotatable bonds is 9. The summed E-state index contributed by atoms with van der Waals surface area (Å²) in [6.07, 6.45) is 0. The average molecular weight is 327 g/mol. The van der Waals surface area contributed by atoms with Crippen LogP contribution >= 0.6 is 0 Å². The first kappa shape index (κ1) is 17.5. The van der Waals surface area contributed by atoms with E-state index in [0.29, 0.717) is 55.0 Å². The summed E-state index contributed by atoms with van der Waals surface area (Å²) < 4.78 is 22.4. The van der Waals surface area contributed by atoms with Gasteiger partial charge in [-0.25, -0.2) is 0 Å². The predicted octanol–water partition coefficient (Wildman–Crippen LogP) is 3.81.